The van der Waals surface area contributed by atoms with Gasteiger partial charge >= 0.3 is 5.97 Å². The second-order valence-electron chi connectivity index (χ2n) is 6.45. The molecule has 1 aliphatic rings. The standard InChI is InChI=1S/C19H26N2O4S2/c1-13(25-18(23)6-4-3-5-17-11-12-26-27-17)19(24)21-16-9-7-15(8-10-16)20-14(2)22/h7-10,13,17H,3-6,11-12H2,1-2H3,(H,20,22)(H,21,24)/t13-,17-/m0/s1. The minimum Gasteiger partial charge on any atom is -0.453 e. The van der Waals surface area contributed by atoms with Gasteiger partial charge in [0.1, 0.15) is 0 Å². The second kappa shape index (κ2) is 11.2. The maximum absolute atomic E-state index is 12.2. The number of carbonyl (C=O) groups is 3. The van der Waals surface area contributed by atoms with E-state index in [2.05, 4.69) is 10.6 Å². The molecular formula is C19H26N2O4S2. The van der Waals surface area contributed by atoms with Crippen LogP contribution in [-0.2, 0) is 19.1 Å². The Bertz CT molecular complexity index is 646. The molecule has 1 aromatic carbocycles. The number of hydrogen-bond acceptors (Lipinski definition) is 6. The lowest BCUT2D eigenvalue weighted by molar-refractivity contribution is -0.153. The van der Waals surface area contributed by atoms with E-state index in [0.29, 0.717) is 23.0 Å². The van der Waals surface area contributed by atoms with E-state index in [4.69, 9.17) is 4.74 Å². The third-order valence-corrected chi connectivity index (χ3v) is 7.04. The third kappa shape index (κ3) is 8.26. The predicted octanol–water partition coefficient (Wildman–Crippen LogP) is 4.23. The van der Waals surface area contributed by atoms with Crippen molar-refractivity contribution >= 4 is 50.7 Å². The molecule has 2 N–H and O–H groups in total. The van der Waals surface area contributed by atoms with Crippen LogP contribution in [0.4, 0.5) is 11.4 Å². The van der Waals surface area contributed by atoms with Crippen LogP contribution in [-0.4, -0.2) is 34.9 Å². The van der Waals surface area contributed by atoms with E-state index in [9.17, 15) is 14.4 Å². The van der Waals surface area contributed by atoms with Crippen molar-refractivity contribution in [3.05, 3.63) is 24.3 Å². The summed E-state index contributed by atoms with van der Waals surface area (Å²) in [5, 5.41) is 6.07. The zero-order valence-electron chi connectivity index (χ0n) is 15.7. The van der Waals surface area contributed by atoms with E-state index in [0.717, 1.165) is 19.3 Å². The summed E-state index contributed by atoms with van der Waals surface area (Å²) >= 11 is 0. The predicted molar refractivity (Wildman–Crippen MR) is 112 cm³/mol. The van der Waals surface area contributed by atoms with Gasteiger partial charge in [-0.1, -0.05) is 28.0 Å². The molecular weight excluding hydrogens is 384 g/mol. The molecule has 27 heavy (non-hydrogen) atoms. The van der Waals surface area contributed by atoms with Crippen molar-refractivity contribution in [2.45, 2.75) is 57.3 Å². The molecule has 0 unspecified atom stereocenters. The van der Waals surface area contributed by atoms with E-state index in [1.54, 1.807) is 31.2 Å². The van der Waals surface area contributed by atoms with Crippen molar-refractivity contribution in [1.82, 2.24) is 0 Å². The molecule has 148 valence electrons. The molecule has 1 fully saturated rings. The average molecular weight is 411 g/mol. The first-order valence-corrected chi connectivity index (χ1v) is 11.5. The summed E-state index contributed by atoms with van der Waals surface area (Å²) in [7, 11) is 3.87. The molecule has 1 heterocycles. The van der Waals surface area contributed by atoms with Gasteiger partial charge in [0.15, 0.2) is 6.10 Å². The molecule has 0 aromatic heterocycles. The van der Waals surface area contributed by atoms with Gasteiger partial charge in [0, 0.05) is 35.7 Å². The van der Waals surface area contributed by atoms with Gasteiger partial charge in [-0.25, -0.2) is 0 Å². The summed E-state index contributed by atoms with van der Waals surface area (Å²) in [4.78, 5) is 35.1. The fraction of sp³-hybridized carbons (Fsp3) is 0.526. The summed E-state index contributed by atoms with van der Waals surface area (Å²) < 4.78 is 5.22. The SMILES string of the molecule is CC(=O)Nc1ccc(NC(=O)[C@H](C)OC(=O)CCCC[C@H]2CCSS2)cc1. The van der Waals surface area contributed by atoms with Crippen LogP contribution in [0.25, 0.3) is 0 Å². The number of rotatable bonds is 9. The monoisotopic (exact) mass is 410 g/mol. The molecule has 1 saturated heterocycles. The molecule has 0 radical (unpaired) electrons. The summed E-state index contributed by atoms with van der Waals surface area (Å²) in [5.74, 6) is 0.343. The number of anilines is 2. The van der Waals surface area contributed by atoms with Gasteiger partial charge in [-0.05, 0) is 50.5 Å². The maximum atomic E-state index is 12.2. The molecule has 6 nitrogen and oxygen atoms in total. The minimum absolute atomic E-state index is 0.159. The molecule has 0 aliphatic carbocycles. The lowest BCUT2D eigenvalue weighted by Crippen LogP contribution is -2.29. The zero-order valence-corrected chi connectivity index (χ0v) is 17.3. The molecule has 0 saturated carbocycles. The Balaban J connectivity index is 1.66. The van der Waals surface area contributed by atoms with Gasteiger partial charge in [0.2, 0.25) is 5.91 Å². The summed E-state index contributed by atoms with van der Waals surface area (Å²) in [6, 6.07) is 6.73. The van der Waals surface area contributed by atoms with E-state index >= 15 is 0 Å². The zero-order chi connectivity index (χ0) is 19.6. The van der Waals surface area contributed by atoms with Crippen molar-refractivity contribution in [3.8, 4) is 0 Å². The highest BCUT2D eigenvalue weighted by Crippen LogP contribution is 2.39. The smallest absolute Gasteiger partial charge is 0.306 e. The van der Waals surface area contributed by atoms with Gasteiger partial charge in [-0.2, -0.15) is 0 Å². The lowest BCUT2D eigenvalue weighted by atomic mass is 10.1. The van der Waals surface area contributed by atoms with Crippen LogP contribution in [0.15, 0.2) is 24.3 Å². The van der Waals surface area contributed by atoms with Crippen LogP contribution in [0, 0.1) is 0 Å². The van der Waals surface area contributed by atoms with E-state index in [1.807, 2.05) is 21.6 Å². The Morgan fingerprint density at radius 2 is 1.81 bits per heavy atom. The number of amides is 2. The topological polar surface area (TPSA) is 84.5 Å². The minimum atomic E-state index is -0.852. The second-order valence-corrected chi connectivity index (χ2v) is 9.24. The largest absolute Gasteiger partial charge is 0.453 e. The van der Waals surface area contributed by atoms with E-state index < -0.39 is 6.10 Å². The third-order valence-electron chi connectivity index (χ3n) is 4.03. The van der Waals surface area contributed by atoms with Crippen LogP contribution in [0.5, 0.6) is 0 Å². The average Bonchev–Trinajstić information content (AvgIpc) is 3.13. The highest BCUT2D eigenvalue weighted by Gasteiger charge is 2.19. The molecule has 1 aliphatic heterocycles. The van der Waals surface area contributed by atoms with Crippen LogP contribution in [0.2, 0.25) is 0 Å². The summed E-state index contributed by atoms with van der Waals surface area (Å²) in [6.07, 6.45) is 3.68. The Labute approximate surface area is 168 Å². The first kappa shape index (κ1) is 21.6. The molecule has 8 heteroatoms. The van der Waals surface area contributed by atoms with Gasteiger partial charge < -0.3 is 15.4 Å². The highest BCUT2D eigenvalue weighted by molar-refractivity contribution is 8.77. The number of nitrogens with one attached hydrogen (secondary N) is 2. The molecule has 1 aromatic rings. The van der Waals surface area contributed by atoms with Crippen LogP contribution in [0.3, 0.4) is 0 Å². The first-order valence-electron chi connectivity index (χ1n) is 9.10. The molecule has 2 atom stereocenters. The van der Waals surface area contributed by atoms with E-state index in [-0.39, 0.29) is 17.8 Å². The van der Waals surface area contributed by atoms with Gasteiger partial charge in [-0.3, -0.25) is 14.4 Å². The first-order chi connectivity index (χ1) is 12.9. The van der Waals surface area contributed by atoms with Gasteiger partial charge in [0.25, 0.3) is 5.91 Å². The fourth-order valence-corrected chi connectivity index (χ4v) is 5.63. The lowest BCUT2D eigenvalue weighted by Gasteiger charge is -2.14. The number of carbonyl (C=O) groups excluding carboxylic acids is 3. The quantitative estimate of drug-likeness (QED) is 0.360. The maximum Gasteiger partial charge on any atom is 0.306 e. The highest BCUT2D eigenvalue weighted by atomic mass is 33.1. The van der Waals surface area contributed by atoms with E-state index in [1.165, 1.54) is 19.1 Å². The number of esters is 1. The number of benzene rings is 1. The number of hydrogen-bond donors (Lipinski definition) is 2. The van der Waals surface area contributed by atoms with Crippen molar-refractivity contribution in [2.75, 3.05) is 16.4 Å². The Morgan fingerprint density at radius 3 is 2.41 bits per heavy atom. The van der Waals surface area contributed by atoms with Crippen molar-refractivity contribution < 1.29 is 19.1 Å². The molecule has 2 amide bonds. The van der Waals surface area contributed by atoms with Crippen molar-refractivity contribution in [3.63, 3.8) is 0 Å². The van der Waals surface area contributed by atoms with Crippen molar-refractivity contribution in [2.24, 2.45) is 0 Å². The molecule has 0 bridgehead atoms. The Morgan fingerprint density at radius 1 is 1.15 bits per heavy atom. The number of unbranched alkanes of at least 4 members (excludes halogenated alkanes) is 1. The Hall–Kier alpha value is -1.67. The van der Waals surface area contributed by atoms with Gasteiger partial charge in [-0.15, -0.1) is 0 Å². The van der Waals surface area contributed by atoms with Crippen LogP contribution < -0.4 is 10.6 Å². The summed E-state index contributed by atoms with van der Waals surface area (Å²) in [5.41, 5.74) is 1.22. The fourth-order valence-electron chi connectivity index (χ4n) is 2.60. The molecule has 0 spiro atoms. The normalized spacial score (nSPS) is 17.2. The summed E-state index contributed by atoms with van der Waals surface area (Å²) in [6.45, 7) is 2.99. The van der Waals surface area contributed by atoms with Crippen LogP contribution in [0.1, 0.15) is 46.0 Å². The van der Waals surface area contributed by atoms with Gasteiger partial charge in [0.05, 0.1) is 0 Å². The van der Waals surface area contributed by atoms with Crippen LogP contribution >= 0.6 is 21.6 Å². The molecule has 2 rings (SSSR count). The Kier molecular flexibility index (Phi) is 9.00. The number of ether oxygens (including phenoxy) is 1. The van der Waals surface area contributed by atoms with Crippen molar-refractivity contribution in [1.29, 1.82) is 0 Å².